The maximum Gasteiger partial charge on any atom is 0.335 e. The van der Waals surface area contributed by atoms with Crippen LogP contribution in [0.5, 0.6) is 0 Å². The molecule has 140 valence electrons. The molecule has 0 amide bonds. The molecule has 2 heterocycles. The van der Waals surface area contributed by atoms with Gasteiger partial charge in [-0.3, -0.25) is 4.98 Å². The molecule has 0 aliphatic heterocycles. The third kappa shape index (κ3) is 4.59. The number of benzene rings is 1. The Morgan fingerprint density at radius 1 is 0.926 bits per heavy atom. The van der Waals surface area contributed by atoms with Crippen LogP contribution in [0.1, 0.15) is 26.3 Å². The maximum atomic E-state index is 11.8. The van der Waals surface area contributed by atoms with E-state index in [9.17, 15) is 18.0 Å². The highest BCUT2D eigenvalue weighted by Gasteiger charge is 2.15. The second-order valence-corrected chi connectivity index (χ2v) is 7.14. The van der Waals surface area contributed by atoms with Crippen molar-refractivity contribution in [1.82, 2.24) is 8.96 Å². The number of rotatable bonds is 4. The predicted octanol–water partition coefficient (Wildman–Crippen LogP) is 2.51. The van der Waals surface area contributed by atoms with Gasteiger partial charge in [-0.15, -0.1) is 0 Å². The standard InChI is InChI=1S/C9H8N2O2S.C9H8O4/c12-14(13,11-6-1-2-7-11)9-4-3-5-10-8-9;1-5-6(8(10)11)3-2-4-7(5)9(12)13/h1-8H;2-4H,1H3,(H,10,11)(H,12,13). The van der Waals surface area contributed by atoms with Crippen molar-refractivity contribution in [2.24, 2.45) is 0 Å². The Labute approximate surface area is 155 Å². The highest BCUT2D eigenvalue weighted by molar-refractivity contribution is 7.90. The lowest BCUT2D eigenvalue weighted by molar-refractivity contribution is 0.0696. The van der Waals surface area contributed by atoms with E-state index in [1.807, 2.05) is 0 Å². The Morgan fingerprint density at radius 2 is 1.48 bits per heavy atom. The average Bonchev–Trinajstić information content (AvgIpc) is 3.18. The van der Waals surface area contributed by atoms with Gasteiger partial charge in [-0.25, -0.2) is 22.0 Å². The van der Waals surface area contributed by atoms with E-state index >= 15 is 0 Å². The van der Waals surface area contributed by atoms with Gasteiger partial charge in [0.25, 0.3) is 10.0 Å². The second-order valence-electron chi connectivity index (χ2n) is 5.30. The van der Waals surface area contributed by atoms with Gasteiger partial charge in [0.2, 0.25) is 0 Å². The van der Waals surface area contributed by atoms with Gasteiger partial charge in [0.1, 0.15) is 4.90 Å². The van der Waals surface area contributed by atoms with E-state index in [1.165, 1.54) is 56.0 Å². The SMILES string of the molecule is Cc1c(C(=O)O)cccc1C(=O)O.O=S(=O)(c1cccnc1)n1cccc1. The predicted molar refractivity (Wildman–Crippen MR) is 96.4 cm³/mol. The van der Waals surface area contributed by atoms with E-state index in [0.717, 1.165) is 3.97 Å². The first kappa shape index (κ1) is 19.9. The topological polar surface area (TPSA) is 127 Å². The number of carboxylic acid groups (broad SMARTS) is 2. The lowest BCUT2D eigenvalue weighted by Gasteiger charge is -2.03. The van der Waals surface area contributed by atoms with E-state index in [-0.39, 0.29) is 21.6 Å². The molecule has 2 aromatic heterocycles. The molecule has 9 heteroatoms. The number of aromatic nitrogens is 2. The normalized spacial score (nSPS) is 10.6. The minimum absolute atomic E-state index is 0.0277. The highest BCUT2D eigenvalue weighted by atomic mass is 32.2. The van der Waals surface area contributed by atoms with Crippen LogP contribution >= 0.6 is 0 Å². The molecule has 0 unspecified atom stereocenters. The Morgan fingerprint density at radius 3 is 1.93 bits per heavy atom. The summed E-state index contributed by atoms with van der Waals surface area (Å²) in [5.41, 5.74) is 0.335. The summed E-state index contributed by atoms with van der Waals surface area (Å²) in [5, 5.41) is 17.4. The fourth-order valence-electron chi connectivity index (χ4n) is 2.20. The molecule has 0 aliphatic carbocycles. The van der Waals surface area contributed by atoms with Crippen molar-refractivity contribution >= 4 is 22.0 Å². The Hall–Kier alpha value is -3.46. The first-order valence-electron chi connectivity index (χ1n) is 7.60. The zero-order valence-electron chi connectivity index (χ0n) is 14.2. The molecule has 0 atom stereocenters. The van der Waals surface area contributed by atoms with Crippen LogP contribution in [0.2, 0.25) is 0 Å². The van der Waals surface area contributed by atoms with Crippen molar-refractivity contribution in [3.8, 4) is 0 Å². The van der Waals surface area contributed by atoms with Crippen LogP contribution in [0, 0.1) is 6.92 Å². The van der Waals surface area contributed by atoms with Crippen molar-refractivity contribution in [3.05, 3.63) is 83.9 Å². The molecule has 3 aromatic rings. The zero-order valence-corrected chi connectivity index (χ0v) is 15.0. The Kier molecular flexibility index (Phi) is 6.09. The molecule has 8 nitrogen and oxygen atoms in total. The van der Waals surface area contributed by atoms with E-state index < -0.39 is 22.0 Å². The van der Waals surface area contributed by atoms with Crippen LogP contribution in [-0.4, -0.2) is 39.5 Å². The number of carbonyl (C=O) groups is 2. The third-order valence-corrected chi connectivity index (χ3v) is 5.22. The molecular weight excluding hydrogens is 372 g/mol. The first-order valence-corrected chi connectivity index (χ1v) is 9.04. The van der Waals surface area contributed by atoms with Gasteiger partial charge in [0.05, 0.1) is 11.1 Å². The molecule has 0 fully saturated rings. The molecule has 0 saturated carbocycles. The Balaban J connectivity index is 0.000000194. The molecule has 0 saturated heterocycles. The first-order chi connectivity index (χ1) is 12.7. The van der Waals surface area contributed by atoms with E-state index in [0.29, 0.717) is 0 Å². The summed E-state index contributed by atoms with van der Waals surface area (Å²) >= 11 is 0. The molecule has 0 bridgehead atoms. The summed E-state index contributed by atoms with van der Waals surface area (Å²) in [6.45, 7) is 1.48. The van der Waals surface area contributed by atoms with Gasteiger partial charge in [-0.2, -0.15) is 0 Å². The highest BCUT2D eigenvalue weighted by Crippen LogP contribution is 2.13. The van der Waals surface area contributed by atoms with Gasteiger partial charge >= 0.3 is 11.9 Å². The number of aromatic carboxylic acids is 2. The second kappa shape index (κ2) is 8.28. The van der Waals surface area contributed by atoms with Crippen LogP contribution in [0.25, 0.3) is 0 Å². The summed E-state index contributed by atoms with van der Waals surface area (Å²) < 4.78 is 24.8. The number of nitrogens with zero attached hydrogens (tertiary/aromatic N) is 2. The Bertz CT molecular complexity index is 1010. The molecular formula is C18H16N2O6S. The molecule has 0 aliphatic rings. The molecule has 2 N–H and O–H groups in total. The van der Waals surface area contributed by atoms with Gasteiger partial charge in [0, 0.05) is 24.8 Å². The number of pyridine rings is 1. The number of carboxylic acids is 2. The zero-order chi connectivity index (χ0) is 20.0. The van der Waals surface area contributed by atoms with Crippen LogP contribution in [0.15, 0.2) is 72.1 Å². The van der Waals surface area contributed by atoms with Gasteiger partial charge in [0.15, 0.2) is 0 Å². The largest absolute Gasteiger partial charge is 0.478 e. The smallest absolute Gasteiger partial charge is 0.335 e. The fourth-order valence-corrected chi connectivity index (χ4v) is 3.35. The monoisotopic (exact) mass is 388 g/mol. The van der Waals surface area contributed by atoms with Gasteiger partial charge < -0.3 is 10.2 Å². The molecule has 0 spiro atoms. The van der Waals surface area contributed by atoms with Crippen molar-refractivity contribution in [3.63, 3.8) is 0 Å². The molecule has 0 radical (unpaired) electrons. The van der Waals surface area contributed by atoms with E-state index in [2.05, 4.69) is 4.98 Å². The summed E-state index contributed by atoms with van der Waals surface area (Å²) in [7, 11) is -3.44. The van der Waals surface area contributed by atoms with Crippen molar-refractivity contribution < 1.29 is 28.2 Å². The van der Waals surface area contributed by atoms with Crippen LogP contribution in [-0.2, 0) is 10.0 Å². The lowest BCUT2D eigenvalue weighted by atomic mass is 10.0. The average molecular weight is 388 g/mol. The summed E-state index contributed by atoms with van der Waals surface area (Å²) in [6.07, 6.45) is 5.84. The van der Waals surface area contributed by atoms with Crippen molar-refractivity contribution in [2.45, 2.75) is 11.8 Å². The fraction of sp³-hybridized carbons (Fsp3) is 0.0556. The van der Waals surface area contributed by atoms with Crippen molar-refractivity contribution in [2.75, 3.05) is 0 Å². The summed E-state index contributed by atoms with van der Waals surface area (Å²) in [6, 6.07) is 10.6. The number of hydrogen-bond donors (Lipinski definition) is 2. The van der Waals surface area contributed by atoms with E-state index in [1.54, 1.807) is 18.2 Å². The minimum atomic E-state index is -3.44. The van der Waals surface area contributed by atoms with Crippen LogP contribution in [0.4, 0.5) is 0 Å². The van der Waals surface area contributed by atoms with E-state index in [4.69, 9.17) is 10.2 Å². The third-order valence-electron chi connectivity index (χ3n) is 3.58. The summed E-state index contributed by atoms with van der Waals surface area (Å²) in [5.74, 6) is -2.22. The minimum Gasteiger partial charge on any atom is -0.478 e. The van der Waals surface area contributed by atoms with Gasteiger partial charge in [-0.1, -0.05) is 6.07 Å². The maximum absolute atomic E-state index is 11.8. The molecule has 27 heavy (non-hydrogen) atoms. The summed E-state index contributed by atoms with van der Waals surface area (Å²) in [4.78, 5) is 25.2. The lowest BCUT2D eigenvalue weighted by Crippen LogP contribution is -2.10. The van der Waals surface area contributed by atoms with Crippen LogP contribution in [0.3, 0.4) is 0 Å². The molecule has 1 aromatic carbocycles. The van der Waals surface area contributed by atoms with Crippen LogP contribution < -0.4 is 0 Å². The quantitative estimate of drug-likeness (QED) is 0.703. The number of hydrogen-bond acceptors (Lipinski definition) is 5. The van der Waals surface area contributed by atoms with Gasteiger partial charge in [-0.05, 0) is 48.9 Å². The van der Waals surface area contributed by atoms with Crippen molar-refractivity contribution in [1.29, 1.82) is 0 Å². The molecule has 3 rings (SSSR count).